The van der Waals surface area contributed by atoms with Crippen molar-refractivity contribution in [3.63, 3.8) is 0 Å². The Bertz CT molecular complexity index is 340. The summed E-state index contributed by atoms with van der Waals surface area (Å²) < 4.78 is 5.01. The van der Waals surface area contributed by atoms with E-state index in [2.05, 4.69) is 5.32 Å². The van der Waals surface area contributed by atoms with Gasteiger partial charge < -0.3 is 4.74 Å². The summed E-state index contributed by atoms with van der Waals surface area (Å²) in [4.78, 5) is 36.2. The minimum Gasteiger partial charge on any atom is -0.380 e. The van der Waals surface area contributed by atoms with Gasteiger partial charge in [0, 0.05) is 7.11 Å². The molecule has 1 heterocycles. The van der Waals surface area contributed by atoms with Crippen LogP contribution >= 0.6 is 0 Å². The summed E-state index contributed by atoms with van der Waals surface area (Å²) in [5, 5.41) is 2.19. The van der Waals surface area contributed by atoms with Crippen LogP contribution in [0.15, 0.2) is 0 Å². The van der Waals surface area contributed by atoms with Crippen LogP contribution in [0.1, 0.15) is 20.8 Å². The van der Waals surface area contributed by atoms with Gasteiger partial charge in [0.25, 0.3) is 0 Å². The maximum atomic E-state index is 12.0. The third-order valence-corrected chi connectivity index (χ3v) is 2.80. The molecule has 1 rings (SSSR count). The van der Waals surface area contributed by atoms with Crippen molar-refractivity contribution >= 4 is 17.8 Å². The Labute approximate surface area is 100 Å². The van der Waals surface area contributed by atoms with Gasteiger partial charge in [-0.05, 0) is 12.8 Å². The van der Waals surface area contributed by atoms with Crippen molar-refractivity contribution in [1.29, 1.82) is 0 Å². The Balaban J connectivity index is 2.86. The fourth-order valence-electron chi connectivity index (χ4n) is 1.72. The molecule has 17 heavy (non-hydrogen) atoms. The predicted octanol–water partition coefficient (Wildman–Crippen LogP) is 0.372. The molecule has 0 bridgehead atoms. The van der Waals surface area contributed by atoms with Crippen molar-refractivity contribution in [3.05, 3.63) is 0 Å². The highest BCUT2D eigenvalue weighted by Crippen LogP contribution is 2.19. The second-order valence-electron chi connectivity index (χ2n) is 4.51. The van der Waals surface area contributed by atoms with Crippen molar-refractivity contribution in [2.45, 2.75) is 26.9 Å². The fraction of sp³-hybridized carbons (Fsp3) is 0.727. The lowest BCUT2D eigenvalue weighted by atomic mass is 9.92. The molecule has 0 aromatic rings. The number of hydrogen-bond donors (Lipinski definition) is 1. The topological polar surface area (TPSA) is 75.7 Å². The molecule has 6 heteroatoms. The number of barbiturate groups is 1. The summed E-state index contributed by atoms with van der Waals surface area (Å²) in [6, 6.07) is -0.666. The first-order chi connectivity index (χ1) is 7.88. The molecule has 1 N–H and O–H groups in total. The second-order valence-corrected chi connectivity index (χ2v) is 4.51. The molecule has 1 fully saturated rings. The number of nitrogens with one attached hydrogen (secondary N) is 1. The highest BCUT2D eigenvalue weighted by atomic mass is 16.5. The standard InChI is InChI=1S/C11H18N2O4/c1-6(2)8-9(14)12-11(16)13(10(8)15)5-7(3)17-4/h6-8H,5H2,1-4H3,(H,12,14,16). The molecule has 0 aromatic heterocycles. The van der Waals surface area contributed by atoms with E-state index in [1.165, 1.54) is 7.11 Å². The third kappa shape index (κ3) is 2.82. The van der Waals surface area contributed by atoms with Crippen molar-refractivity contribution in [2.24, 2.45) is 11.8 Å². The molecule has 2 atom stereocenters. The van der Waals surface area contributed by atoms with Gasteiger partial charge in [0.15, 0.2) is 0 Å². The van der Waals surface area contributed by atoms with E-state index in [-0.39, 0.29) is 18.6 Å². The molecule has 1 aliphatic rings. The average Bonchev–Trinajstić information content (AvgIpc) is 2.22. The van der Waals surface area contributed by atoms with Gasteiger partial charge in [0.1, 0.15) is 5.92 Å². The van der Waals surface area contributed by atoms with Crippen LogP contribution in [0.4, 0.5) is 4.79 Å². The maximum Gasteiger partial charge on any atom is 0.330 e. The number of methoxy groups -OCH3 is 1. The van der Waals surface area contributed by atoms with Gasteiger partial charge in [-0.25, -0.2) is 4.79 Å². The van der Waals surface area contributed by atoms with Crippen LogP contribution < -0.4 is 5.32 Å². The smallest absolute Gasteiger partial charge is 0.330 e. The summed E-state index contributed by atoms with van der Waals surface area (Å²) in [5.74, 6) is -1.90. The van der Waals surface area contributed by atoms with Crippen LogP contribution in [0.5, 0.6) is 0 Å². The number of ether oxygens (including phenoxy) is 1. The lowest BCUT2D eigenvalue weighted by molar-refractivity contribution is -0.145. The van der Waals surface area contributed by atoms with Gasteiger partial charge in [-0.2, -0.15) is 0 Å². The van der Waals surface area contributed by atoms with Crippen molar-refractivity contribution < 1.29 is 19.1 Å². The van der Waals surface area contributed by atoms with Gasteiger partial charge in [0.2, 0.25) is 11.8 Å². The molecular formula is C11H18N2O4. The van der Waals surface area contributed by atoms with Gasteiger partial charge >= 0.3 is 6.03 Å². The minimum absolute atomic E-state index is 0.143. The van der Waals surface area contributed by atoms with Gasteiger partial charge in [-0.15, -0.1) is 0 Å². The van der Waals surface area contributed by atoms with E-state index in [1.54, 1.807) is 20.8 Å². The van der Waals surface area contributed by atoms with E-state index < -0.39 is 23.8 Å². The zero-order chi connectivity index (χ0) is 13.2. The van der Waals surface area contributed by atoms with Crippen LogP contribution in [0.2, 0.25) is 0 Å². The van der Waals surface area contributed by atoms with Crippen LogP contribution in [-0.4, -0.2) is 42.5 Å². The van der Waals surface area contributed by atoms with E-state index in [0.29, 0.717) is 0 Å². The van der Waals surface area contributed by atoms with Crippen LogP contribution in [0.3, 0.4) is 0 Å². The number of nitrogens with zero attached hydrogens (tertiary/aromatic N) is 1. The van der Waals surface area contributed by atoms with E-state index in [1.807, 2.05) is 0 Å². The molecule has 6 nitrogen and oxygen atoms in total. The van der Waals surface area contributed by atoms with E-state index in [9.17, 15) is 14.4 Å². The van der Waals surface area contributed by atoms with Crippen LogP contribution in [0, 0.1) is 11.8 Å². The number of carbonyl (C=O) groups is 3. The predicted molar refractivity (Wildman–Crippen MR) is 60.1 cm³/mol. The largest absolute Gasteiger partial charge is 0.380 e. The second kappa shape index (κ2) is 5.27. The first kappa shape index (κ1) is 13.6. The summed E-state index contributed by atoms with van der Waals surface area (Å²) in [7, 11) is 1.50. The number of urea groups is 1. The molecule has 2 unspecified atom stereocenters. The van der Waals surface area contributed by atoms with Gasteiger partial charge in [-0.3, -0.25) is 19.8 Å². The Morgan fingerprint density at radius 2 is 1.88 bits per heavy atom. The average molecular weight is 242 g/mol. The Morgan fingerprint density at radius 3 is 2.35 bits per heavy atom. The number of imide groups is 2. The quantitative estimate of drug-likeness (QED) is 0.723. The Kier molecular flexibility index (Phi) is 4.22. The third-order valence-electron chi connectivity index (χ3n) is 2.80. The molecule has 1 saturated heterocycles. The first-order valence-corrected chi connectivity index (χ1v) is 5.57. The van der Waals surface area contributed by atoms with E-state index in [0.717, 1.165) is 4.90 Å². The Hall–Kier alpha value is -1.43. The van der Waals surface area contributed by atoms with Crippen molar-refractivity contribution in [2.75, 3.05) is 13.7 Å². The molecular weight excluding hydrogens is 224 g/mol. The van der Waals surface area contributed by atoms with Crippen LogP contribution in [0.25, 0.3) is 0 Å². The zero-order valence-electron chi connectivity index (χ0n) is 10.5. The lowest BCUT2D eigenvalue weighted by Crippen LogP contribution is -2.60. The maximum absolute atomic E-state index is 12.0. The highest BCUT2D eigenvalue weighted by Gasteiger charge is 2.42. The summed E-state index contributed by atoms with van der Waals surface area (Å²) >= 11 is 0. The number of hydrogen-bond acceptors (Lipinski definition) is 4. The summed E-state index contributed by atoms with van der Waals surface area (Å²) in [6.45, 7) is 5.45. The number of amides is 4. The zero-order valence-corrected chi connectivity index (χ0v) is 10.5. The molecule has 0 radical (unpaired) electrons. The van der Waals surface area contributed by atoms with Crippen molar-refractivity contribution in [1.82, 2.24) is 10.2 Å². The Morgan fingerprint density at radius 1 is 1.29 bits per heavy atom. The van der Waals surface area contributed by atoms with Crippen LogP contribution in [-0.2, 0) is 14.3 Å². The SMILES string of the molecule is COC(C)CN1C(=O)NC(=O)C(C(C)C)C1=O. The molecule has 4 amide bonds. The van der Waals surface area contributed by atoms with Gasteiger partial charge in [-0.1, -0.05) is 13.8 Å². The molecule has 1 aliphatic heterocycles. The minimum atomic E-state index is -0.795. The number of carbonyl (C=O) groups excluding carboxylic acids is 3. The molecule has 0 aliphatic carbocycles. The molecule has 0 aromatic carbocycles. The van der Waals surface area contributed by atoms with E-state index >= 15 is 0 Å². The monoisotopic (exact) mass is 242 g/mol. The van der Waals surface area contributed by atoms with E-state index in [4.69, 9.17) is 4.74 Å². The van der Waals surface area contributed by atoms with Gasteiger partial charge in [0.05, 0.1) is 12.6 Å². The molecule has 0 spiro atoms. The number of rotatable bonds is 4. The van der Waals surface area contributed by atoms with Crippen molar-refractivity contribution in [3.8, 4) is 0 Å². The summed E-state index contributed by atoms with van der Waals surface area (Å²) in [5.41, 5.74) is 0. The normalized spacial score (nSPS) is 23.0. The highest BCUT2D eigenvalue weighted by molar-refractivity contribution is 6.16. The summed E-state index contributed by atoms with van der Waals surface area (Å²) in [6.07, 6.45) is -0.259. The first-order valence-electron chi connectivity index (χ1n) is 5.57. The lowest BCUT2D eigenvalue weighted by Gasteiger charge is -2.32. The molecule has 0 saturated carbocycles. The molecule has 96 valence electrons. The fourth-order valence-corrected chi connectivity index (χ4v) is 1.72.